The van der Waals surface area contributed by atoms with Crippen molar-refractivity contribution in [3.63, 3.8) is 0 Å². The predicted octanol–water partition coefficient (Wildman–Crippen LogP) is 4.61. The molecule has 0 aromatic heterocycles. The molecule has 110 valence electrons. The molecule has 0 unspecified atom stereocenters. The number of nitrogen functional groups attached to an aromatic ring is 1. The van der Waals surface area contributed by atoms with Crippen LogP contribution in [0.4, 0.5) is 11.4 Å². The van der Waals surface area contributed by atoms with E-state index in [1.165, 1.54) is 11.8 Å². The van der Waals surface area contributed by atoms with Gasteiger partial charge < -0.3 is 11.1 Å². The van der Waals surface area contributed by atoms with Crippen molar-refractivity contribution in [3.05, 3.63) is 52.0 Å². The van der Waals surface area contributed by atoms with Crippen LogP contribution in [-0.2, 0) is 4.79 Å². The summed E-state index contributed by atoms with van der Waals surface area (Å²) in [5.74, 6) is 0.107. The minimum Gasteiger partial charge on any atom is -0.399 e. The molecule has 2 rings (SSSR count). The highest BCUT2D eigenvalue weighted by Crippen LogP contribution is 2.33. The van der Waals surface area contributed by atoms with E-state index in [1.807, 2.05) is 25.1 Å². The van der Waals surface area contributed by atoms with E-state index in [0.29, 0.717) is 21.4 Å². The van der Waals surface area contributed by atoms with Gasteiger partial charge in [0.05, 0.1) is 21.5 Å². The molecule has 0 heterocycles. The second-order valence-corrected chi connectivity index (χ2v) is 6.29. The van der Waals surface area contributed by atoms with Crippen molar-refractivity contribution in [1.29, 1.82) is 0 Å². The van der Waals surface area contributed by atoms with Gasteiger partial charge in [-0.1, -0.05) is 29.3 Å². The molecule has 21 heavy (non-hydrogen) atoms. The van der Waals surface area contributed by atoms with E-state index in [1.54, 1.807) is 18.2 Å². The Morgan fingerprint density at radius 3 is 2.52 bits per heavy atom. The van der Waals surface area contributed by atoms with Gasteiger partial charge in [-0.05, 0) is 42.8 Å². The number of benzene rings is 2. The molecule has 6 heteroatoms. The number of hydrogen-bond acceptors (Lipinski definition) is 3. The van der Waals surface area contributed by atoms with Gasteiger partial charge in [-0.25, -0.2) is 0 Å². The first kappa shape index (κ1) is 16.0. The number of rotatable bonds is 4. The van der Waals surface area contributed by atoms with Gasteiger partial charge >= 0.3 is 0 Å². The predicted molar refractivity (Wildman–Crippen MR) is 91.4 cm³/mol. The van der Waals surface area contributed by atoms with Crippen LogP contribution in [0.15, 0.2) is 41.3 Å². The maximum Gasteiger partial charge on any atom is 0.234 e. The molecular weight excluding hydrogens is 327 g/mol. The Hall–Kier alpha value is -1.36. The normalized spacial score (nSPS) is 10.4. The highest BCUT2D eigenvalue weighted by atomic mass is 35.5. The summed E-state index contributed by atoms with van der Waals surface area (Å²) in [5.41, 5.74) is 7.63. The van der Waals surface area contributed by atoms with Crippen LogP contribution in [0.2, 0.25) is 10.0 Å². The topological polar surface area (TPSA) is 55.1 Å². The molecule has 0 saturated carbocycles. The van der Waals surface area contributed by atoms with Crippen molar-refractivity contribution in [2.75, 3.05) is 16.8 Å². The van der Waals surface area contributed by atoms with Gasteiger partial charge in [-0.3, -0.25) is 4.79 Å². The number of halogens is 2. The fraction of sp³-hybridized carbons (Fsp3) is 0.133. The number of aryl methyl sites for hydroxylation is 1. The van der Waals surface area contributed by atoms with Gasteiger partial charge in [-0.2, -0.15) is 0 Å². The summed E-state index contributed by atoms with van der Waals surface area (Å²) in [7, 11) is 0. The van der Waals surface area contributed by atoms with E-state index in [-0.39, 0.29) is 11.7 Å². The Balaban J connectivity index is 1.99. The molecule has 0 aliphatic carbocycles. The third-order valence-electron chi connectivity index (χ3n) is 2.80. The average Bonchev–Trinajstić information content (AvgIpc) is 2.47. The SMILES string of the molecule is Cc1ccc(Cl)c(NC(=O)CSc2ccc(N)cc2)c1Cl. The summed E-state index contributed by atoms with van der Waals surface area (Å²) in [6.07, 6.45) is 0. The van der Waals surface area contributed by atoms with Crippen molar-refractivity contribution < 1.29 is 4.79 Å². The molecule has 3 nitrogen and oxygen atoms in total. The second kappa shape index (κ2) is 7.07. The van der Waals surface area contributed by atoms with E-state index in [9.17, 15) is 4.79 Å². The monoisotopic (exact) mass is 340 g/mol. The minimum atomic E-state index is -0.161. The fourth-order valence-electron chi connectivity index (χ4n) is 1.66. The standard InChI is InChI=1S/C15H14Cl2N2OS/c1-9-2-7-12(16)15(14(9)17)19-13(20)8-21-11-5-3-10(18)4-6-11/h2-7H,8,18H2,1H3,(H,19,20). The first-order chi connectivity index (χ1) is 9.97. The Labute approximate surface area is 137 Å². The molecule has 0 spiro atoms. The van der Waals surface area contributed by atoms with Crippen LogP contribution in [0.25, 0.3) is 0 Å². The smallest absolute Gasteiger partial charge is 0.234 e. The molecule has 2 aromatic rings. The zero-order valence-corrected chi connectivity index (χ0v) is 13.6. The summed E-state index contributed by atoms with van der Waals surface area (Å²) in [4.78, 5) is 13.0. The summed E-state index contributed by atoms with van der Waals surface area (Å²) in [6.45, 7) is 1.86. The lowest BCUT2D eigenvalue weighted by Crippen LogP contribution is -2.14. The Morgan fingerprint density at radius 1 is 1.19 bits per heavy atom. The molecule has 0 aliphatic rings. The van der Waals surface area contributed by atoms with E-state index in [0.717, 1.165) is 10.5 Å². The fourth-order valence-corrected chi connectivity index (χ4v) is 2.82. The van der Waals surface area contributed by atoms with Crippen LogP contribution in [0.5, 0.6) is 0 Å². The maximum atomic E-state index is 12.0. The van der Waals surface area contributed by atoms with Gasteiger partial charge in [0.15, 0.2) is 0 Å². The van der Waals surface area contributed by atoms with Gasteiger partial charge in [0.1, 0.15) is 0 Å². The number of hydrogen-bond donors (Lipinski definition) is 2. The molecule has 0 aliphatic heterocycles. The highest BCUT2D eigenvalue weighted by molar-refractivity contribution is 8.00. The van der Waals surface area contributed by atoms with E-state index in [2.05, 4.69) is 5.32 Å². The lowest BCUT2D eigenvalue weighted by molar-refractivity contribution is -0.113. The first-order valence-corrected chi connectivity index (χ1v) is 7.94. The molecule has 1 amide bonds. The third-order valence-corrected chi connectivity index (χ3v) is 4.61. The minimum absolute atomic E-state index is 0.161. The Bertz CT molecular complexity index is 659. The Morgan fingerprint density at radius 2 is 1.86 bits per heavy atom. The summed E-state index contributed by atoms with van der Waals surface area (Å²) in [6, 6.07) is 10.9. The number of anilines is 2. The molecule has 0 saturated heterocycles. The summed E-state index contributed by atoms with van der Waals surface area (Å²) < 4.78 is 0. The molecule has 0 radical (unpaired) electrons. The zero-order chi connectivity index (χ0) is 15.4. The lowest BCUT2D eigenvalue weighted by atomic mass is 10.2. The van der Waals surface area contributed by atoms with Gasteiger partial charge in [-0.15, -0.1) is 11.8 Å². The highest BCUT2D eigenvalue weighted by Gasteiger charge is 2.12. The third kappa shape index (κ3) is 4.30. The lowest BCUT2D eigenvalue weighted by Gasteiger charge is -2.11. The first-order valence-electron chi connectivity index (χ1n) is 6.20. The summed E-state index contributed by atoms with van der Waals surface area (Å²) in [5, 5.41) is 3.65. The van der Waals surface area contributed by atoms with Crippen molar-refractivity contribution in [1.82, 2.24) is 0 Å². The van der Waals surface area contributed by atoms with Crippen LogP contribution >= 0.6 is 35.0 Å². The van der Waals surface area contributed by atoms with E-state index in [4.69, 9.17) is 28.9 Å². The number of carbonyl (C=O) groups is 1. The number of thioether (sulfide) groups is 1. The average molecular weight is 341 g/mol. The summed E-state index contributed by atoms with van der Waals surface area (Å²) >= 11 is 13.6. The van der Waals surface area contributed by atoms with Crippen molar-refractivity contribution in [2.24, 2.45) is 0 Å². The van der Waals surface area contributed by atoms with Crippen LogP contribution in [0, 0.1) is 6.92 Å². The van der Waals surface area contributed by atoms with Crippen molar-refractivity contribution in [3.8, 4) is 0 Å². The molecule has 0 atom stereocenters. The largest absolute Gasteiger partial charge is 0.399 e. The van der Waals surface area contributed by atoms with E-state index < -0.39 is 0 Å². The maximum absolute atomic E-state index is 12.0. The molecule has 2 aromatic carbocycles. The van der Waals surface area contributed by atoms with Crippen molar-refractivity contribution in [2.45, 2.75) is 11.8 Å². The molecule has 0 bridgehead atoms. The van der Waals surface area contributed by atoms with Gasteiger partial charge in [0, 0.05) is 10.6 Å². The number of nitrogens with one attached hydrogen (secondary N) is 1. The van der Waals surface area contributed by atoms with Gasteiger partial charge in [0.2, 0.25) is 5.91 Å². The van der Waals surface area contributed by atoms with Crippen LogP contribution in [-0.4, -0.2) is 11.7 Å². The quantitative estimate of drug-likeness (QED) is 0.630. The molecular formula is C15H14Cl2N2OS. The number of carbonyl (C=O) groups excluding carboxylic acids is 1. The zero-order valence-electron chi connectivity index (χ0n) is 11.3. The second-order valence-electron chi connectivity index (χ2n) is 4.46. The molecule has 3 N–H and O–H groups in total. The van der Waals surface area contributed by atoms with E-state index >= 15 is 0 Å². The van der Waals surface area contributed by atoms with Crippen LogP contribution in [0.3, 0.4) is 0 Å². The number of amides is 1. The van der Waals surface area contributed by atoms with Gasteiger partial charge in [0.25, 0.3) is 0 Å². The Kier molecular flexibility index (Phi) is 5.39. The van der Waals surface area contributed by atoms with Crippen LogP contribution < -0.4 is 11.1 Å². The molecule has 0 fully saturated rings. The van der Waals surface area contributed by atoms with Crippen LogP contribution in [0.1, 0.15) is 5.56 Å². The number of nitrogens with two attached hydrogens (primary N) is 1. The van der Waals surface area contributed by atoms with Crippen molar-refractivity contribution >= 4 is 52.2 Å².